The molecule has 4 aromatic carbocycles. The summed E-state index contributed by atoms with van der Waals surface area (Å²) in [5.74, 6) is 0.148. The van der Waals surface area contributed by atoms with Crippen LogP contribution in [-0.4, -0.2) is 4.98 Å². The van der Waals surface area contributed by atoms with Gasteiger partial charge in [-0.3, -0.25) is 0 Å². The molecule has 0 radical (unpaired) electrons. The second kappa shape index (κ2) is 7.86. The largest absolute Gasteiger partial charge is 0.354 e. The molecule has 0 unspecified atom stereocenters. The zero-order valence-corrected chi connectivity index (χ0v) is 17.7. The van der Waals surface area contributed by atoms with Gasteiger partial charge < -0.3 is 4.98 Å². The minimum atomic E-state index is 0.148. The van der Waals surface area contributed by atoms with E-state index in [2.05, 4.69) is 132 Å². The highest BCUT2D eigenvalue weighted by Crippen LogP contribution is 2.44. The van der Waals surface area contributed by atoms with E-state index in [1.807, 2.05) is 0 Å². The van der Waals surface area contributed by atoms with E-state index in [0.29, 0.717) is 0 Å². The van der Waals surface area contributed by atoms with Gasteiger partial charge in [-0.2, -0.15) is 0 Å². The van der Waals surface area contributed by atoms with Gasteiger partial charge in [-0.1, -0.05) is 115 Å². The molecule has 1 nitrogen and oxygen atoms in total. The Bertz CT molecular complexity index is 1440. The summed E-state index contributed by atoms with van der Waals surface area (Å²) in [4.78, 5) is 3.77. The Labute approximate surface area is 188 Å². The number of aromatic amines is 1. The van der Waals surface area contributed by atoms with Crippen LogP contribution in [0.25, 0.3) is 22.0 Å². The fourth-order valence-corrected chi connectivity index (χ4v) is 4.82. The topological polar surface area (TPSA) is 15.8 Å². The first kappa shape index (κ1) is 18.7. The molecule has 32 heavy (non-hydrogen) atoms. The minimum Gasteiger partial charge on any atom is -0.354 e. The van der Waals surface area contributed by atoms with Crippen molar-refractivity contribution in [2.75, 3.05) is 0 Å². The summed E-state index contributed by atoms with van der Waals surface area (Å²) in [5, 5.41) is 1.28. The first-order valence-corrected chi connectivity index (χ1v) is 11.1. The quantitative estimate of drug-likeness (QED) is 0.312. The number of allylic oxidation sites excluding steroid dienone is 3. The van der Waals surface area contributed by atoms with E-state index in [1.165, 1.54) is 50.0 Å². The predicted octanol–water partition coefficient (Wildman–Crippen LogP) is 7.83. The van der Waals surface area contributed by atoms with Crippen molar-refractivity contribution in [3.05, 3.63) is 155 Å². The lowest BCUT2D eigenvalue weighted by molar-refractivity contribution is 1.04. The summed E-state index contributed by atoms with van der Waals surface area (Å²) in [6.07, 6.45) is 4.78. The maximum absolute atomic E-state index is 3.77. The predicted molar refractivity (Wildman–Crippen MR) is 135 cm³/mol. The highest BCUT2D eigenvalue weighted by atomic mass is 14.7. The van der Waals surface area contributed by atoms with Crippen LogP contribution in [0.4, 0.5) is 0 Å². The Morgan fingerprint density at radius 1 is 0.562 bits per heavy atom. The number of hydrogen-bond donors (Lipinski definition) is 1. The molecule has 1 heterocycles. The zero-order valence-electron chi connectivity index (χ0n) is 17.7. The fraction of sp³-hybridized carbons (Fsp3) is 0.0323. The number of rotatable bonds is 3. The summed E-state index contributed by atoms with van der Waals surface area (Å²) < 4.78 is 0. The first-order valence-electron chi connectivity index (χ1n) is 11.1. The van der Waals surface area contributed by atoms with Gasteiger partial charge in [0.1, 0.15) is 0 Å². The second-order valence-corrected chi connectivity index (χ2v) is 8.26. The Kier molecular flexibility index (Phi) is 4.58. The van der Waals surface area contributed by atoms with Crippen molar-refractivity contribution in [1.82, 2.24) is 4.98 Å². The summed E-state index contributed by atoms with van der Waals surface area (Å²) in [6.45, 7) is 0. The van der Waals surface area contributed by atoms with E-state index in [-0.39, 0.29) is 5.92 Å². The van der Waals surface area contributed by atoms with Crippen molar-refractivity contribution in [1.29, 1.82) is 0 Å². The number of hydrogen-bond acceptors (Lipinski definition) is 0. The number of fused-ring (bicyclic) bond motifs is 3. The maximum Gasteiger partial charge on any atom is 0.0513 e. The molecule has 152 valence electrons. The zero-order chi connectivity index (χ0) is 21.3. The third kappa shape index (κ3) is 3.19. The van der Waals surface area contributed by atoms with Crippen LogP contribution in [-0.2, 0) is 0 Å². The molecule has 1 atom stereocenters. The number of aromatic nitrogens is 1. The van der Waals surface area contributed by atoms with Crippen LogP contribution < -0.4 is 0 Å². The van der Waals surface area contributed by atoms with Crippen LogP contribution in [0.2, 0.25) is 0 Å². The van der Waals surface area contributed by atoms with E-state index >= 15 is 0 Å². The van der Waals surface area contributed by atoms with Gasteiger partial charge >= 0.3 is 0 Å². The molecular weight excluding hydrogens is 386 g/mol. The van der Waals surface area contributed by atoms with Crippen LogP contribution in [0, 0.1) is 0 Å². The number of para-hydroxylation sites is 1. The third-order valence-corrected chi connectivity index (χ3v) is 6.32. The fourth-order valence-electron chi connectivity index (χ4n) is 4.82. The van der Waals surface area contributed by atoms with Gasteiger partial charge in [0.05, 0.1) is 5.69 Å². The Morgan fingerprint density at radius 2 is 1.16 bits per heavy atom. The van der Waals surface area contributed by atoms with Crippen LogP contribution in [0.3, 0.4) is 0 Å². The second-order valence-electron chi connectivity index (χ2n) is 8.26. The monoisotopic (exact) mass is 409 g/mol. The van der Waals surface area contributed by atoms with Gasteiger partial charge in [-0.05, 0) is 40.0 Å². The van der Waals surface area contributed by atoms with E-state index in [1.54, 1.807) is 0 Å². The molecule has 0 spiro atoms. The molecule has 6 rings (SSSR count). The highest BCUT2D eigenvalue weighted by Gasteiger charge is 2.26. The molecule has 1 aliphatic rings. The van der Waals surface area contributed by atoms with E-state index in [9.17, 15) is 0 Å². The van der Waals surface area contributed by atoms with E-state index in [4.69, 9.17) is 0 Å². The van der Waals surface area contributed by atoms with E-state index in [0.717, 1.165) is 0 Å². The molecule has 0 aliphatic heterocycles. The number of benzene rings is 4. The average molecular weight is 410 g/mol. The standard InChI is InChI=1S/C31H23N/c1-4-12-22(13-5-1)25-20-27(23-14-6-2-7-15-23)30-26-18-10-11-19-29(26)32-31(30)28(21-25)24-16-8-3-9-17-24/h1-21,27,32H/t27-/m0/s1. The van der Waals surface area contributed by atoms with Crippen LogP contribution in [0.1, 0.15) is 33.9 Å². The lowest BCUT2D eigenvalue weighted by Crippen LogP contribution is -2.00. The molecule has 0 bridgehead atoms. The highest BCUT2D eigenvalue weighted by molar-refractivity contribution is 5.99. The van der Waals surface area contributed by atoms with Gasteiger partial charge in [-0.15, -0.1) is 0 Å². The smallest absolute Gasteiger partial charge is 0.0513 e. The number of nitrogens with one attached hydrogen (secondary N) is 1. The lowest BCUT2D eigenvalue weighted by Gasteiger charge is -2.16. The van der Waals surface area contributed by atoms with E-state index < -0.39 is 0 Å². The van der Waals surface area contributed by atoms with Crippen molar-refractivity contribution >= 4 is 22.0 Å². The van der Waals surface area contributed by atoms with Crippen LogP contribution in [0.5, 0.6) is 0 Å². The van der Waals surface area contributed by atoms with Crippen LogP contribution >= 0.6 is 0 Å². The van der Waals surface area contributed by atoms with Gasteiger partial charge in [0.25, 0.3) is 0 Å². The summed E-state index contributed by atoms with van der Waals surface area (Å²) in [7, 11) is 0. The van der Waals surface area contributed by atoms with Crippen LogP contribution in [0.15, 0.2) is 127 Å². The third-order valence-electron chi connectivity index (χ3n) is 6.32. The first-order chi connectivity index (χ1) is 15.9. The summed E-state index contributed by atoms with van der Waals surface area (Å²) >= 11 is 0. The summed E-state index contributed by atoms with van der Waals surface area (Å²) in [5.41, 5.74) is 9.94. The van der Waals surface area contributed by atoms with Gasteiger partial charge in [0.2, 0.25) is 0 Å². The molecule has 5 aromatic rings. The average Bonchev–Trinajstić information content (AvgIpc) is 3.16. The van der Waals surface area contributed by atoms with Crippen molar-refractivity contribution in [2.45, 2.75) is 5.92 Å². The minimum absolute atomic E-state index is 0.148. The molecule has 0 amide bonds. The Balaban J connectivity index is 1.69. The Morgan fingerprint density at radius 3 is 1.88 bits per heavy atom. The lowest BCUT2D eigenvalue weighted by atomic mass is 9.87. The van der Waals surface area contributed by atoms with Crippen molar-refractivity contribution in [3.8, 4) is 0 Å². The SMILES string of the molecule is C1=C(c2ccccc2)C=C(c2ccccc2)c2[nH]c3ccccc3c2[C@@H]1c1ccccc1. The molecular formula is C31H23N. The van der Waals surface area contributed by atoms with Gasteiger partial charge in [0, 0.05) is 22.4 Å². The number of H-pyrrole nitrogens is 1. The molecule has 1 N–H and O–H groups in total. The molecule has 0 fully saturated rings. The summed E-state index contributed by atoms with van der Waals surface area (Å²) in [6, 6.07) is 40.9. The molecule has 1 aromatic heterocycles. The van der Waals surface area contributed by atoms with Crippen molar-refractivity contribution in [3.63, 3.8) is 0 Å². The van der Waals surface area contributed by atoms with Gasteiger partial charge in [0.15, 0.2) is 0 Å². The Hall–Kier alpha value is -4.10. The van der Waals surface area contributed by atoms with Gasteiger partial charge in [-0.25, -0.2) is 0 Å². The van der Waals surface area contributed by atoms with Crippen molar-refractivity contribution < 1.29 is 0 Å². The molecule has 1 aliphatic carbocycles. The molecule has 1 heteroatoms. The normalized spacial score (nSPS) is 15.6. The maximum atomic E-state index is 3.77. The van der Waals surface area contributed by atoms with Crippen molar-refractivity contribution in [2.24, 2.45) is 0 Å². The molecule has 0 saturated heterocycles. The molecule has 0 saturated carbocycles.